The first kappa shape index (κ1) is 13.1. The molecule has 20 heavy (non-hydrogen) atoms. The van der Waals surface area contributed by atoms with E-state index in [-0.39, 0.29) is 11.4 Å². The normalized spacial score (nSPS) is 19.6. The standard InChI is InChI=1S/C15H21N3O2/c16-14(17)18-10-15(5-1-2-6-15)11-3-4-12-13(9-11)20-8-7-19-12/h3-4,9H,1-2,5-8,10H2,(H4,16,17,18). The van der Waals surface area contributed by atoms with Crippen LogP contribution in [0.5, 0.6) is 11.5 Å². The molecular weight excluding hydrogens is 254 g/mol. The first-order valence-electron chi connectivity index (χ1n) is 7.15. The molecule has 1 fully saturated rings. The summed E-state index contributed by atoms with van der Waals surface area (Å²) in [6.07, 6.45) is 4.66. The Kier molecular flexibility index (Phi) is 3.42. The number of aliphatic imine (C=N–C) groups is 1. The maximum atomic E-state index is 5.68. The molecule has 1 aromatic carbocycles. The topological polar surface area (TPSA) is 82.9 Å². The Bertz CT molecular complexity index is 518. The Morgan fingerprint density at radius 1 is 1.10 bits per heavy atom. The van der Waals surface area contributed by atoms with E-state index in [1.54, 1.807) is 0 Å². The van der Waals surface area contributed by atoms with Gasteiger partial charge in [0.15, 0.2) is 17.5 Å². The number of hydrogen-bond donors (Lipinski definition) is 2. The fraction of sp³-hybridized carbons (Fsp3) is 0.533. The molecule has 0 amide bonds. The zero-order chi connectivity index (χ0) is 14.0. The molecule has 2 aliphatic rings. The van der Waals surface area contributed by atoms with Crippen LogP contribution >= 0.6 is 0 Å². The lowest BCUT2D eigenvalue weighted by molar-refractivity contribution is 0.171. The quantitative estimate of drug-likeness (QED) is 0.647. The molecule has 0 radical (unpaired) electrons. The lowest BCUT2D eigenvalue weighted by Gasteiger charge is -2.29. The Labute approximate surface area is 119 Å². The molecule has 1 aliphatic heterocycles. The van der Waals surface area contributed by atoms with E-state index in [0.717, 1.165) is 24.3 Å². The number of ether oxygens (including phenoxy) is 2. The van der Waals surface area contributed by atoms with Gasteiger partial charge in [0.25, 0.3) is 0 Å². The molecule has 3 rings (SSSR count). The van der Waals surface area contributed by atoms with E-state index in [2.05, 4.69) is 17.1 Å². The van der Waals surface area contributed by atoms with Crippen LogP contribution < -0.4 is 20.9 Å². The lowest BCUT2D eigenvalue weighted by Crippen LogP contribution is -2.30. The third-order valence-electron chi connectivity index (χ3n) is 4.28. The van der Waals surface area contributed by atoms with Gasteiger partial charge in [-0.15, -0.1) is 0 Å². The fourth-order valence-corrected chi connectivity index (χ4v) is 3.21. The Hall–Kier alpha value is -1.91. The van der Waals surface area contributed by atoms with Gasteiger partial charge in [0.05, 0.1) is 6.54 Å². The number of benzene rings is 1. The van der Waals surface area contributed by atoms with Gasteiger partial charge in [-0.05, 0) is 30.5 Å². The number of nitrogens with two attached hydrogens (primary N) is 2. The van der Waals surface area contributed by atoms with Crippen molar-refractivity contribution < 1.29 is 9.47 Å². The van der Waals surface area contributed by atoms with E-state index in [4.69, 9.17) is 20.9 Å². The number of rotatable bonds is 3. The van der Waals surface area contributed by atoms with Crippen molar-refractivity contribution in [3.63, 3.8) is 0 Å². The van der Waals surface area contributed by atoms with Crippen molar-refractivity contribution in [2.45, 2.75) is 31.1 Å². The summed E-state index contributed by atoms with van der Waals surface area (Å²) in [5.74, 6) is 1.83. The smallest absolute Gasteiger partial charge is 0.185 e. The van der Waals surface area contributed by atoms with Crippen LogP contribution in [0.2, 0.25) is 0 Å². The van der Waals surface area contributed by atoms with Gasteiger partial charge in [-0.1, -0.05) is 18.9 Å². The number of guanidine groups is 1. The summed E-state index contributed by atoms with van der Waals surface area (Å²) in [7, 11) is 0. The molecule has 1 saturated carbocycles. The fourth-order valence-electron chi connectivity index (χ4n) is 3.21. The van der Waals surface area contributed by atoms with Gasteiger partial charge in [0, 0.05) is 5.41 Å². The molecule has 1 aliphatic carbocycles. The predicted octanol–water partition coefficient (Wildman–Crippen LogP) is 1.54. The van der Waals surface area contributed by atoms with Gasteiger partial charge < -0.3 is 20.9 Å². The van der Waals surface area contributed by atoms with Crippen LogP contribution in [-0.2, 0) is 5.41 Å². The largest absolute Gasteiger partial charge is 0.486 e. The summed E-state index contributed by atoms with van der Waals surface area (Å²) in [4.78, 5) is 4.27. The molecule has 5 heteroatoms. The SMILES string of the molecule is NC(N)=NCC1(c2ccc3c(c2)OCCO3)CCCC1. The first-order chi connectivity index (χ1) is 9.70. The van der Waals surface area contributed by atoms with Crippen molar-refractivity contribution in [1.29, 1.82) is 0 Å². The Morgan fingerprint density at radius 2 is 1.80 bits per heavy atom. The second-order valence-electron chi connectivity index (χ2n) is 5.59. The van der Waals surface area contributed by atoms with Gasteiger partial charge in [-0.25, -0.2) is 0 Å². The van der Waals surface area contributed by atoms with Crippen LogP contribution in [0.4, 0.5) is 0 Å². The Balaban J connectivity index is 1.93. The van der Waals surface area contributed by atoms with Crippen LogP contribution in [0.3, 0.4) is 0 Å². The van der Waals surface area contributed by atoms with E-state index >= 15 is 0 Å². The third kappa shape index (κ3) is 2.40. The maximum Gasteiger partial charge on any atom is 0.185 e. The molecule has 0 aromatic heterocycles. The monoisotopic (exact) mass is 275 g/mol. The molecular formula is C15H21N3O2. The van der Waals surface area contributed by atoms with E-state index in [1.165, 1.54) is 18.4 Å². The van der Waals surface area contributed by atoms with Crippen molar-refractivity contribution in [2.24, 2.45) is 16.5 Å². The molecule has 1 aromatic rings. The average Bonchev–Trinajstić information content (AvgIpc) is 2.95. The minimum atomic E-state index is 0.0415. The highest BCUT2D eigenvalue weighted by molar-refractivity contribution is 5.75. The first-order valence-corrected chi connectivity index (χ1v) is 7.15. The molecule has 0 unspecified atom stereocenters. The zero-order valence-electron chi connectivity index (χ0n) is 11.6. The second kappa shape index (κ2) is 5.23. The number of hydrogen-bond acceptors (Lipinski definition) is 3. The van der Waals surface area contributed by atoms with Crippen LogP contribution in [0.1, 0.15) is 31.2 Å². The third-order valence-corrected chi connectivity index (χ3v) is 4.28. The molecule has 0 bridgehead atoms. The summed E-state index contributed by atoms with van der Waals surface area (Å²) in [6, 6.07) is 6.22. The van der Waals surface area contributed by atoms with Gasteiger partial charge in [-0.3, -0.25) is 4.99 Å². The van der Waals surface area contributed by atoms with Gasteiger partial charge in [0.1, 0.15) is 13.2 Å². The number of fused-ring (bicyclic) bond motifs is 1. The highest BCUT2D eigenvalue weighted by Gasteiger charge is 2.36. The van der Waals surface area contributed by atoms with Crippen molar-refractivity contribution in [1.82, 2.24) is 0 Å². The number of nitrogens with zero attached hydrogens (tertiary/aromatic N) is 1. The lowest BCUT2D eigenvalue weighted by atomic mass is 9.79. The highest BCUT2D eigenvalue weighted by Crippen LogP contribution is 2.44. The zero-order valence-corrected chi connectivity index (χ0v) is 11.6. The van der Waals surface area contributed by atoms with Crippen molar-refractivity contribution in [2.75, 3.05) is 19.8 Å². The van der Waals surface area contributed by atoms with Gasteiger partial charge >= 0.3 is 0 Å². The molecule has 0 atom stereocenters. The molecule has 0 saturated heterocycles. The van der Waals surface area contributed by atoms with E-state index in [1.807, 2.05) is 6.07 Å². The molecule has 108 valence electrons. The van der Waals surface area contributed by atoms with Crippen molar-refractivity contribution >= 4 is 5.96 Å². The highest BCUT2D eigenvalue weighted by atomic mass is 16.6. The van der Waals surface area contributed by atoms with E-state index in [0.29, 0.717) is 19.8 Å². The summed E-state index contributed by atoms with van der Waals surface area (Å²) < 4.78 is 11.3. The molecule has 4 N–H and O–H groups in total. The van der Waals surface area contributed by atoms with E-state index in [9.17, 15) is 0 Å². The van der Waals surface area contributed by atoms with Crippen LogP contribution in [0.15, 0.2) is 23.2 Å². The average molecular weight is 275 g/mol. The van der Waals surface area contributed by atoms with Crippen LogP contribution in [0, 0.1) is 0 Å². The minimum absolute atomic E-state index is 0.0415. The molecule has 5 nitrogen and oxygen atoms in total. The van der Waals surface area contributed by atoms with Crippen molar-refractivity contribution in [3.05, 3.63) is 23.8 Å². The van der Waals surface area contributed by atoms with Gasteiger partial charge in [0.2, 0.25) is 0 Å². The summed E-state index contributed by atoms with van der Waals surface area (Å²) >= 11 is 0. The summed E-state index contributed by atoms with van der Waals surface area (Å²) in [6.45, 7) is 1.87. The summed E-state index contributed by atoms with van der Waals surface area (Å²) in [5, 5.41) is 0. The second-order valence-corrected chi connectivity index (χ2v) is 5.59. The summed E-state index contributed by atoms with van der Waals surface area (Å²) in [5.41, 5.74) is 12.3. The van der Waals surface area contributed by atoms with Crippen LogP contribution in [0.25, 0.3) is 0 Å². The predicted molar refractivity (Wildman–Crippen MR) is 78.3 cm³/mol. The van der Waals surface area contributed by atoms with Crippen LogP contribution in [-0.4, -0.2) is 25.7 Å². The maximum absolute atomic E-state index is 5.68. The molecule has 0 spiro atoms. The van der Waals surface area contributed by atoms with Gasteiger partial charge in [-0.2, -0.15) is 0 Å². The Morgan fingerprint density at radius 3 is 2.50 bits per heavy atom. The van der Waals surface area contributed by atoms with E-state index < -0.39 is 0 Å². The minimum Gasteiger partial charge on any atom is -0.486 e. The molecule has 1 heterocycles. The van der Waals surface area contributed by atoms with Crippen molar-refractivity contribution in [3.8, 4) is 11.5 Å².